The van der Waals surface area contributed by atoms with Crippen LogP contribution in [0.15, 0.2) is 23.2 Å². The zero-order chi connectivity index (χ0) is 19.6. The SMILES string of the molecule is CCCCNC(=NCc1ccc(F)cc1CSC)NCc1nnc(C)n1C.I. The van der Waals surface area contributed by atoms with E-state index < -0.39 is 0 Å². The van der Waals surface area contributed by atoms with Crippen molar-refractivity contribution in [1.29, 1.82) is 0 Å². The highest BCUT2D eigenvalue weighted by Gasteiger charge is 2.08. The Kier molecular flexibility index (Phi) is 11.4. The van der Waals surface area contributed by atoms with Gasteiger partial charge in [0.05, 0.1) is 13.1 Å². The molecule has 0 atom stereocenters. The molecule has 0 fully saturated rings. The van der Waals surface area contributed by atoms with Crippen molar-refractivity contribution in [2.75, 3.05) is 12.8 Å². The number of guanidine groups is 1. The molecule has 0 aliphatic rings. The molecule has 1 heterocycles. The van der Waals surface area contributed by atoms with Crippen LogP contribution in [0.1, 0.15) is 42.5 Å². The molecule has 0 aliphatic heterocycles. The predicted molar refractivity (Wildman–Crippen MR) is 126 cm³/mol. The highest BCUT2D eigenvalue weighted by molar-refractivity contribution is 14.0. The van der Waals surface area contributed by atoms with E-state index in [-0.39, 0.29) is 29.8 Å². The molecule has 0 spiro atoms. The van der Waals surface area contributed by atoms with Crippen LogP contribution >= 0.6 is 35.7 Å². The van der Waals surface area contributed by atoms with Gasteiger partial charge in [0.2, 0.25) is 0 Å². The first-order valence-electron chi connectivity index (χ1n) is 9.18. The Balaban J connectivity index is 0.00000392. The number of aryl methyl sites for hydroxylation is 1. The average Bonchev–Trinajstić information content (AvgIpc) is 2.97. The van der Waals surface area contributed by atoms with E-state index in [1.54, 1.807) is 17.8 Å². The first kappa shape index (κ1) is 24.7. The lowest BCUT2D eigenvalue weighted by atomic mass is 10.1. The number of rotatable bonds is 9. The molecule has 6 nitrogen and oxygen atoms in total. The Hall–Kier alpha value is -1.36. The zero-order valence-electron chi connectivity index (χ0n) is 17.0. The highest BCUT2D eigenvalue weighted by Crippen LogP contribution is 2.17. The summed E-state index contributed by atoms with van der Waals surface area (Å²) in [4.78, 5) is 4.70. The summed E-state index contributed by atoms with van der Waals surface area (Å²) in [7, 11) is 1.95. The minimum atomic E-state index is -0.205. The number of unbranched alkanes of at least 4 members (excludes halogenated alkanes) is 1. The molecule has 2 rings (SSSR count). The largest absolute Gasteiger partial charge is 0.356 e. The molecule has 0 bridgehead atoms. The summed E-state index contributed by atoms with van der Waals surface area (Å²) in [5.41, 5.74) is 2.03. The van der Waals surface area contributed by atoms with Gasteiger partial charge in [-0.25, -0.2) is 9.38 Å². The first-order chi connectivity index (χ1) is 13.0. The van der Waals surface area contributed by atoms with E-state index in [4.69, 9.17) is 4.99 Å². The molecular weight excluding hydrogens is 490 g/mol. The van der Waals surface area contributed by atoms with Gasteiger partial charge in [-0.15, -0.1) is 34.2 Å². The van der Waals surface area contributed by atoms with E-state index in [0.717, 1.165) is 53.9 Å². The van der Waals surface area contributed by atoms with Crippen molar-refractivity contribution >= 4 is 41.7 Å². The van der Waals surface area contributed by atoms with Crippen molar-refractivity contribution in [3.63, 3.8) is 0 Å². The van der Waals surface area contributed by atoms with Crippen LogP contribution in [0.5, 0.6) is 0 Å². The van der Waals surface area contributed by atoms with Crippen LogP contribution in [0.3, 0.4) is 0 Å². The van der Waals surface area contributed by atoms with E-state index >= 15 is 0 Å². The summed E-state index contributed by atoms with van der Waals surface area (Å²) in [5.74, 6) is 3.01. The number of halogens is 2. The number of hydrogen-bond donors (Lipinski definition) is 2. The Bertz CT molecular complexity index is 765. The van der Waals surface area contributed by atoms with Gasteiger partial charge in [-0.05, 0) is 42.9 Å². The maximum atomic E-state index is 13.5. The fourth-order valence-corrected chi connectivity index (χ4v) is 3.11. The maximum absolute atomic E-state index is 13.5. The van der Waals surface area contributed by atoms with E-state index in [1.807, 2.05) is 30.9 Å². The lowest BCUT2D eigenvalue weighted by Crippen LogP contribution is -2.38. The molecule has 0 aliphatic carbocycles. The molecule has 2 aromatic rings. The average molecular weight is 520 g/mol. The fraction of sp³-hybridized carbons (Fsp3) is 0.526. The van der Waals surface area contributed by atoms with Gasteiger partial charge >= 0.3 is 0 Å². The lowest BCUT2D eigenvalue weighted by molar-refractivity contribution is 0.625. The number of nitrogens with zero attached hydrogens (tertiary/aromatic N) is 4. The third-order valence-corrected chi connectivity index (χ3v) is 4.89. The zero-order valence-corrected chi connectivity index (χ0v) is 20.1. The van der Waals surface area contributed by atoms with Crippen LogP contribution in [0.4, 0.5) is 4.39 Å². The second kappa shape index (κ2) is 13.0. The molecule has 28 heavy (non-hydrogen) atoms. The van der Waals surface area contributed by atoms with Gasteiger partial charge in [0.15, 0.2) is 11.8 Å². The molecule has 1 aromatic heterocycles. The molecule has 2 N–H and O–H groups in total. The van der Waals surface area contributed by atoms with Gasteiger partial charge in [-0.3, -0.25) is 0 Å². The van der Waals surface area contributed by atoms with Crippen LogP contribution in [-0.2, 0) is 25.9 Å². The molecule has 0 unspecified atom stereocenters. The third-order valence-electron chi connectivity index (χ3n) is 4.30. The third kappa shape index (κ3) is 7.57. The summed E-state index contributed by atoms with van der Waals surface area (Å²) in [6.45, 7) is 5.96. The second-order valence-electron chi connectivity index (χ2n) is 6.37. The van der Waals surface area contributed by atoms with Crippen molar-refractivity contribution in [3.8, 4) is 0 Å². The molecule has 9 heteroatoms. The van der Waals surface area contributed by atoms with E-state index in [2.05, 4.69) is 27.8 Å². The Labute approximate surface area is 188 Å². The minimum Gasteiger partial charge on any atom is -0.356 e. The van der Waals surface area contributed by atoms with Gasteiger partial charge in [-0.2, -0.15) is 11.8 Å². The molecule has 1 aromatic carbocycles. The quantitative estimate of drug-likeness (QED) is 0.228. The predicted octanol–water partition coefficient (Wildman–Crippen LogP) is 3.78. The molecule has 156 valence electrons. The van der Waals surface area contributed by atoms with E-state index in [0.29, 0.717) is 13.1 Å². The van der Waals surface area contributed by atoms with Crippen LogP contribution in [0.25, 0.3) is 0 Å². The van der Waals surface area contributed by atoms with Crippen LogP contribution in [0, 0.1) is 12.7 Å². The van der Waals surface area contributed by atoms with Crippen molar-refractivity contribution in [2.24, 2.45) is 12.0 Å². The van der Waals surface area contributed by atoms with Crippen LogP contribution < -0.4 is 10.6 Å². The number of aliphatic imine (C=N–C) groups is 1. The highest BCUT2D eigenvalue weighted by atomic mass is 127. The van der Waals surface area contributed by atoms with Gasteiger partial charge < -0.3 is 15.2 Å². The minimum absolute atomic E-state index is 0. The Morgan fingerprint density at radius 3 is 2.68 bits per heavy atom. The molecule has 0 saturated carbocycles. The molecule has 0 amide bonds. The van der Waals surface area contributed by atoms with Crippen molar-refractivity contribution < 1.29 is 4.39 Å². The molecule has 0 radical (unpaired) electrons. The van der Waals surface area contributed by atoms with Gasteiger partial charge in [-0.1, -0.05) is 19.4 Å². The number of benzene rings is 1. The number of aromatic nitrogens is 3. The monoisotopic (exact) mass is 520 g/mol. The summed E-state index contributed by atoms with van der Waals surface area (Å²) in [6.07, 6.45) is 4.19. The maximum Gasteiger partial charge on any atom is 0.191 e. The van der Waals surface area contributed by atoms with Gasteiger partial charge in [0.1, 0.15) is 11.6 Å². The topological polar surface area (TPSA) is 67.1 Å². The van der Waals surface area contributed by atoms with Crippen molar-refractivity contribution in [2.45, 2.75) is 45.5 Å². The standard InChI is InChI=1S/C19H29FN6S.HI/c1-5-6-9-21-19(23-12-18-25-24-14(2)26(18)3)22-11-15-7-8-17(20)10-16(15)13-27-4;/h7-8,10H,5-6,9,11-13H2,1-4H3,(H2,21,22,23);1H. The normalized spacial score (nSPS) is 11.2. The number of hydrogen-bond acceptors (Lipinski definition) is 4. The van der Waals surface area contributed by atoms with Crippen LogP contribution in [0.2, 0.25) is 0 Å². The number of nitrogens with one attached hydrogen (secondary N) is 2. The van der Waals surface area contributed by atoms with E-state index in [1.165, 1.54) is 6.07 Å². The fourth-order valence-electron chi connectivity index (χ4n) is 2.53. The first-order valence-corrected chi connectivity index (χ1v) is 10.6. The summed E-state index contributed by atoms with van der Waals surface area (Å²) in [6, 6.07) is 4.91. The summed E-state index contributed by atoms with van der Waals surface area (Å²) in [5, 5.41) is 14.9. The molecular formula is C19H30FIN6S. The smallest absolute Gasteiger partial charge is 0.191 e. The van der Waals surface area contributed by atoms with Gasteiger partial charge in [0.25, 0.3) is 0 Å². The summed E-state index contributed by atoms with van der Waals surface area (Å²) >= 11 is 1.68. The second-order valence-corrected chi connectivity index (χ2v) is 7.23. The van der Waals surface area contributed by atoms with Crippen molar-refractivity contribution in [1.82, 2.24) is 25.4 Å². The van der Waals surface area contributed by atoms with Gasteiger partial charge in [0, 0.05) is 19.3 Å². The number of thioether (sulfide) groups is 1. The molecule has 0 saturated heterocycles. The van der Waals surface area contributed by atoms with E-state index in [9.17, 15) is 4.39 Å². The summed E-state index contributed by atoms with van der Waals surface area (Å²) < 4.78 is 15.5. The lowest BCUT2D eigenvalue weighted by Gasteiger charge is -2.13. The Morgan fingerprint density at radius 2 is 2.04 bits per heavy atom. The van der Waals surface area contributed by atoms with Crippen LogP contribution in [-0.4, -0.2) is 33.5 Å². The van der Waals surface area contributed by atoms with Crippen molar-refractivity contribution in [3.05, 3.63) is 46.8 Å². The Morgan fingerprint density at radius 1 is 1.25 bits per heavy atom.